The summed E-state index contributed by atoms with van der Waals surface area (Å²) >= 11 is 0. The van der Waals surface area contributed by atoms with Gasteiger partial charge in [-0.3, -0.25) is 9.59 Å². The Bertz CT molecular complexity index is 1230. The molecule has 0 aromatic heterocycles. The number of hydrogen-bond acceptors (Lipinski definition) is 3. The van der Waals surface area contributed by atoms with Crippen LogP contribution in [0.1, 0.15) is 22.3 Å². The lowest BCUT2D eigenvalue weighted by Gasteiger charge is -2.16. The Morgan fingerprint density at radius 3 is 2.03 bits per heavy atom. The van der Waals surface area contributed by atoms with Crippen LogP contribution in [0.2, 0.25) is 0 Å². The molecule has 0 radical (unpaired) electrons. The Kier molecular flexibility index (Phi) is 5.34. The number of benzene rings is 3. The molecule has 0 unspecified atom stereocenters. The molecular weight excluding hydrogens is 417 g/mol. The molecule has 1 aliphatic rings. The number of rotatable bonds is 4. The number of carbonyl (C=O) groups is 2. The van der Waals surface area contributed by atoms with Crippen molar-refractivity contribution < 1.29 is 22.8 Å². The largest absolute Gasteiger partial charge is 0.416 e. The molecule has 162 valence electrons. The second kappa shape index (κ2) is 8.00. The van der Waals surface area contributed by atoms with Crippen molar-refractivity contribution in [3.8, 4) is 0 Å². The van der Waals surface area contributed by atoms with Crippen LogP contribution in [-0.2, 0) is 15.8 Å². The van der Waals surface area contributed by atoms with Crippen LogP contribution in [0.3, 0.4) is 0 Å². The van der Waals surface area contributed by atoms with Gasteiger partial charge in [-0.25, -0.2) is 4.90 Å². The quantitative estimate of drug-likeness (QED) is 0.533. The molecule has 1 N–H and O–H groups in total. The Morgan fingerprint density at radius 1 is 0.781 bits per heavy atom. The molecule has 0 saturated carbocycles. The molecule has 3 aromatic rings. The number of halogens is 3. The monoisotopic (exact) mass is 436 g/mol. The zero-order valence-corrected chi connectivity index (χ0v) is 17.3. The summed E-state index contributed by atoms with van der Waals surface area (Å²) < 4.78 is 38.8. The maximum absolute atomic E-state index is 13.3. The molecule has 0 saturated heterocycles. The predicted octanol–water partition coefficient (Wildman–Crippen LogP) is 5.72. The van der Waals surface area contributed by atoms with Crippen LogP contribution in [0, 0.1) is 13.8 Å². The molecule has 2 amide bonds. The van der Waals surface area contributed by atoms with E-state index in [1.165, 1.54) is 0 Å². The zero-order chi connectivity index (χ0) is 23.0. The van der Waals surface area contributed by atoms with Gasteiger partial charge in [-0.2, -0.15) is 13.2 Å². The Morgan fingerprint density at radius 2 is 1.44 bits per heavy atom. The number of hydrogen-bond donors (Lipinski definition) is 1. The van der Waals surface area contributed by atoms with Gasteiger partial charge in [0.1, 0.15) is 5.70 Å². The van der Waals surface area contributed by atoms with Crippen LogP contribution in [-0.4, -0.2) is 11.8 Å². The first-order valence-corrected chi connectivity index (χ1v) is 9.87. The summed E-state index contributed by atoms with van der Waals surface area (Å²) in [7, 11) is 0. The summed E-state index contributed by atoms with van der Waals surface area (Å²) in [6, 6.07) is 18.2. The normalized spacial score (nSPS) is 14.3. The standard InChI is InChI=1S/C25H19F3N2O2/c1-15-8-11-19(14-16(15)2)29-22-21(17-6-4-3-5-7-17)23(31)30(24(22)32)20-12-9-18(10-13-20)25(26,27)28/h3-14,29H,1-2H3. The first-order chi connectivity index (χ1) is 15.2. The number of alkyl halides is 3. The molecule has 0 spiro atoms. The van der Waals surface area contributed by atoms with Crippen LogP contribution in [0.5, 0.6) is 0 Å². The molecule has 1 heterocycles. The summed E-state index contributed by atoms with van der Waals surface area (Å²) in [4.78, 5) is 27.5. The van der Waals surface area contributed by atoms with E-state index < -0.39 is 23.6 Å². The summed E-state index contributed by atoms with van der Waals surface area (Å²) in [6.45, 7) is 3.90. The van der Waals surface area contributed by atoms with E-state index in [0.29, 0.717) is 11.3 Å². The highest BCUT2D eigenvalue weighted by atomic mass is 19.4. The van der Waals surface area contributed by atoms with Crippen molar-refractivity contribution in [3.63, 3.8) is 0 Å². The van der Waals surface area contributed by atoms with Gasteiger partial charge in [0.05, 0.1) is 16.8 Å². The molecule has 32 heavy (non-hydrogen) atoms. The lowest BCUT2D eigenvalue weighted by Crippen LogP contribution is -2.32. The average Bonchev–Trinajstić information content (AvgIpc) is 3.00. The number of amides is 2. The van der Waals surface area contributed by atoms with Gasteiger partial charge in [0.2, 0.25) is 0 Å². The fourth-order valence-corrected chi connectivity index (χ4v) is 3.52. The first-order valence-electron chi connectivity index (χ1n) is 9.87. The number of carbonyl (C=O) groups excluding carboxylic acids is 2. The van der Waals surface area contributed by atoms with E-state index in [0.717, 1.165) is 40.3 Å². The van der Waals surface area contributed by atoms with Crippen molar-refractivity contribution in [3.05, 3.63) is 101 Å². The van der Waals surface area contributed by atoms with E-state index in [9.17, 15) is 22.8 Å². The lowest BCUT2D eigenvalue weighted by atomic mass is 10.0. The highest BCUT2D eigenvalue weighted by Crippen LogP contribution is 2.36. The molecule has 3 aromatic carbocycles. The summed E-state index contributed by atoms with van der Waals surface area (Å²) in [5, 5.41) is 3.06. The summed E-state index contributed by atoms with van der Waals surface area (Å²) in [6.07, 6.45) is -4.51. The smallest absolute Gasteiger partial charge is 0.350 e. The Balaban J connectivity index is 1.77. The maximum Gasteiger partial charge on any atom is 0.416 e. The van der Waals surface area contributed by atoms with Gasteiger partial charge < -0.3 is 5.32 Å². The molecule has 1 aliphatic heterocycles. The van der Waals surface area contributed by atoms with Gasteiger partial charge in [0, 0.05) is 5.69 Å². The zero-order valence-electron chi connectivity index (χ0n) is 17.3. The highest BCUT2D eigenvalue weighted by molar-refractivity contribution is 6.46. The topological polar surface area (TPSA) is 49.4 Å². The molecule has 0 fully saturated rings. The summed E-state index contributed by atoms with van der Waals surface area (Å²) in [5.41, 5.74) is 2.70. The number of aryl methyl sites for hydroxylation is 2. The van der Waals surface area contributed by atoms with Gasteiger partial charge in [-0.1, -0.05) is 36.4 Å². The van der Waals surface area contributed by atoms with Crippen molar-refractivity contribution in [2.24, 2.45) is 0 Å². The molecule has 4 rings (SSSR count). The highest BCUT2D eigenvalue weighted by Gasteiger charge is 2.40. The van der Waals surface area contributed by atoms with Gasteiger partial charge >= 0.3 is 6.18 Å². The van der Waals surface area contributed by atoms with Gasteiger partial charge in [0.15, 0.2) is 0 Å². The van der Waals surface area contributed by atoms with Crippen molar-refractivity contribution in [2.45, 2.75) is 20.0 Å². The van der Waals surface area contributed by atoms with E-state index >= 15 is 0 Å². The first kappa shape index (κ1) is 21.4. The minimum Gasteiger partial charge on any atom is -0.350 e. The van der Waals surface area contributed by atoms with Crippen molar-refractivity contribution in [1.29, 1.82) is 0 Å². The molecule has 0 atom stereocenters. The lowest BCUT2D eigenvalue weighted by molar-refractivity contribution is -0.137. The third kappa shape index (κ3) is 3.89. The summed E-state index contributed by atoms with van der Waals surface area (Å²) in [5.74, 6) is -1.24. The van der Waals surface area contributed by atoms with E-state index in [4.69, 9.17) is 0 Å². The van der Waals surface area contributed by atoms with E-state index in [-0.39, 0.29) is 17.0 Å². The minimum atomic E-state index is -4.51. The maximum atomic E-state index is 13.3. The SMILES string of the molecule is Cc1ccc(NC2=C(c3ccccc3)C(=O)N(c3ccc(C(F)(F)F)cc3)C2=O)cc1C. The number of imide groups is 1. The number of anilines is 2. The van der Waals surface area contributed by atoms with Crippen LogP contribution in [0.15, 0.2) is 78.5 Å². The minimum absolute atomic E-state index is 0.0679. The van der Waals surface area contributed by atoms with Crippen LogP contribution in [0.4, 0.5) is 24.5 Å². The van der Waals surface area contributed by atoms with Gasteiger partial charge in [-0.15, -0.1) is 0 Å². The van der Waals surface area contributed by atoms with Gasteiger partial charge in [0.25, 0.3) is 11.8 Å². The average molecular weight is 436 g/mol. The third-order valence-electron chi connectivity index (χ3n) is 5.38. The fourth-order valence-electron chi connectivity index (χ4n) is 3.52. The van der Waals surface area contributed by atoms with Crippen LogP contribution in [0.25, 0.3) is 5.57 Å². The van der Waals surface area contributed by atoms with Gasteiger partial charge in [-0.05, 0) is 66.9 Å². The third-order valence-corrected chi connectivity index (χ3v) is 5.38. The molecule has 0 aliphatic carbocycles. The molecule has 0 bridgehead atoms. The van der Waals surface area contributed by atoms with E-state index in [1.807, 2.05) is 26.0 Å². The molecular formula is C25H19F3N2O2. The van der Waals surface area contributed by atoms with Crippen molar-refractivity contribution in [1.82, 2.24) is 0 Å². The molecule has 7 heteroatoms. The van der Waals surface area contributed by atoms with E-state index in [1.54, 1.807) is 36.4 Å². The Labute approximate surface area is 183 Å². The number of nitrogens with one attached hydrogen (secondary N) is 1. The van der Waals surface area contributed by atoms with Crippen LogP contribution >= 0.6 is 0 Å². The van der Waals surface area contributed by atoms with Crippen molar-refractivity contribution >= 4 is 28.8 Å². The second-order valence-electron chi connectivity index (χ2n) is 7.53. The van der Waals surface area contributed by atoms with E-state index in [2.05, 4.69) is 5.32 Å². The second-order valence-corrected chi connectivity index (χ2v) is 7.53. The Hall–Kier alpha value is -3.87. The predicted molar refractivity (Wildman–Crippen MR) is 117 cm³/mol. The number of nitrogens with zero attached hydrogens (tertiary/aromatic N) is 1. The van der Waals surface area contributed by atoms with Crippen LogP contribution < -0.4 is 10.2 Å². The van der Waals surface area contributed by atoms with Crippen molar-refractivity contribution in [2.75, 3.05) is 10.2 Å². The molecule has 4 nitrogen and oxygen atoms in total. The fraction of sp³-hybridized carbons (Fsp3) is 0.120.